The van der Waals surface area contributed by atoms with Gasteiger partial charge in [-0.2, -0.15) is 0 Å². The summed E-state index contributed by atoms with van der Waals surface area (Å²) in [6.07, 6.45) is 4.17. The van der Waals surface area contributed by atoms with Crippen molar-refractivity contribution in [3.05, 3.63) is 0 Å². The van der Waals surface area contributed by atoms with E-state index in [0.29, 0.717) is 12.8 Å². The summed E-state index contributed by atoms with van der Waals surface area (Å²) >= 11 is 0.946. The molecule has 0 atom stereocenters. The van der Waals surface area contributed by atoms with Gasteiger partial charge in [0.15, 0.2) is 0 Å². The molecule has 1 aliphatic rings. The molecule has 11 heteroatoms. The molecule has 0 bridgehead atoms. The molecule has 2 rings (SSSR count). The van der Waals surface area contributed by atoms with E-state index in [2.05, 4.69) is 20.2 Å². The first-order valence-corrected chi connectivity index (χ1v) is 8.41. The van der Waals surface area contributed by atoms with E-state index < -0.39 is 15.6 Å². The third-order valence-corrected chi connectivity index (χ3v) is 4.31. The lowest BCUT2D eigenvalue weighted by Gasteiger charge is -2.20. The number of nitrogens with two attached hydrogens (primary N) is 1. The predicted molar refractivity (Wildman–Crippen MR) is 79.6 cm³/mol. The number of halogens is 1. The van der Waals surface area contributed by atoms with Crippen LogP contribution in [-0.4, -0.2) is 36.3 Å². The molecule has 8 nitrogen and oxygen atoms in total. The van der Waals surface area contributed by atoms with Gasteiger partial charge in [0.25, 0.3) is 0 Å². The van der Waals surface area contributed by atoms with E-state index in [1.54, 1.807) is 0 Å². The van der Waals surface area contributed by atoms with Gasteiger partial charge >= 0.3 is 0 Å². The SMILES string of the molecule is CS(=O)(=O)Nc1nnc(NC(=O)C2(N)CCCC2)s1.Cl. The summed E-state index contributed by atoms with van der Waals surface area (Å²) in [6.45, 7) is 0. The lowest BCUT2D eigenvalue weighted by molar-refractivity contribution is -0.121. The second kappa shape index (κ2) is 6.20. The van der Waals surface area contributed by atoms with Crippen molar-refractivity contribution in [2.24, 2.45) is 5.73 Å². The average molecular weight is 342 g/mol. The van der Waals surface area contributed by atoms with Crippen LogP contribution in [0, 0.1) is 0 Å². The third-order valence-electron chi connectivity index (χ3n) is 2.87. The van der Waals surface area contributed by atoms with Gasteiger partial charge in [-0.25, -0.2) is 8.42 Å². The summed E-state index contributed by atoms with van der Waals surface area (Å²) in [6, 6.07) is 0. The van der Waals surface area contributed by atoms with Gasteiger partial charge in [-0.1, -0.05) is 24.2 Å². The minimum absolute atomic E-state index is 0. The highest BCUT2D eigenvalue weighted by molar-refractivity contribution is 7.92. The number of sulfonamides is 1. The van der Waals surface area contributed by atoms with Crippen LogP contribution >= 0.6 is 23.7 Å². The molecule has 1 aromatic rings. The van der Waals surface area contributed by atoms with Crippen LogP contribution in [0.15, 0.2) is 0 Å². The van der Waals surface area contributed by atoms with Gasteiger partial charge in [0.2, 0.25) is 26.2 Å². The van der Waals surface area contributed by atoms with E-state index in [9.17, 15) is 13.2 Å². The van der Waals surface area contributed by atoms with Crippen molar-refractivity contribution >= 4 is 49.9 Å². The summed E-state index contributed by atoms with van der Waals surface area (Å²) < 4.78 is 24.2. The topological polar surface area (TPSA) is 127 Å². The van der Waals surface area contributed by atoms with Crippen LogP contribution in [0.1, 0.15) is 25.7 Å². The minimum atomic E-state index is -3.40. The van der Waals surface area contributed by atoms with E-state index in [1.807, 2.05) is 0 Å². The van der Waals surface area contributed by atoms with E-state index >= 15 is 0 Å². The van der Waals surface area contributed by atoms with Crippen LogP contribution in [0.25, 0.3) is 0 Å². The Morgan fingerprint density at radius 2 is 1.85 bits per heavy atom. The largest absolute Gasteiger partial charge is 0.317 e. The molecular formula is C9H16ClN5O3S2. The normalized spacial score (nSPS) is 17.3. The number of anilines is 2. The predicted octanol–water partition coefficient (Wildman–Crippen LogP) is 0.541. The maximum absolute atomic E-state index is 12.0. The number of carbonyl (C=O) groups is 1. The summed E-state index contributed by atoms with van der Waals surface area (Å²) in [5.41, 5.74) is 5.14. The molecule has 0 unspecified atom stereocenters. The van der Waals surface area contributed by atoms with Crippen molar-refractivity contribution in [2.75, 3.05) is 16.3 Å². The Balaban J connectivity index is 0.00000200. The Kier molecular flexibility index (Phi) is 5.30. The second-order valence-electron chi connectivity index (χ2n) is 4.60. The third kappa shape index (κ3) is 4.27. The molecule has 0 radical (unpaired) electrons. The van der Waals surface area contributed by atoms with Gasteiger partial charge in [0.05, 0.1) is 11.8 Å². The molecule has 1 aliphatic carbocycles. The smallest absolute Gasteiger partial charge is 0.246 e. The molecule has 1 amide bonds. The first kappa shape index (κ1) is 17.1. The number of aromatic nitrogens is 2. The Morgan fingerprint density at radius 3 is 2.40 bits per heavy atom. The van der Waals surface area contributed by atoms with Crippen LogP contribution in [0.4, 0.5) is 10.3 Å². The number of amides is 1. The first-order valence-electron chi connectivity index (χ1n) is 5.70. The molecule has 0 aliphatic heterocycles. The quantitative estimate of drug-likeness (QED) is 0.733. The monoisotopic (exact) mass is 341 g/mol. The molecular weight excluding hydrogens is 326 g/mol. The molecule has 0 saturated heterocycles. The highest BCUT2D eigenvalue weighted by atomic mass is 35.5. The maximum atomic E-state index is 12.0. The lowest BCUT2D eigenvalue weighted by Crippen LogP contribution is -2.48. The van der Waals surface area contributed by atoms with Crippen LogP contribution < -0.4 is 15.8 Å². The highest BCUT2D eigenvalue weighted by Gasteiger charge is 2.37. The fourth-order valence-electron chi connectivity index (χ4n) is 1.93. The van der Waals surface area contributed by atoms with Crippen LogP contribution in [0.3, 0.4) is 0 Å². The van der Waals surface area contributed by atoms with Crippen LogP contribution in [-0.2, 0) is 14.8 Å². The number of hydrogen-bond acceptors (Lipinski definition) is 7. The lowest BCUT2D eigenvalue weighted by atomic mass is 9.98. The molecule has 114 valence electrons. The Hall–Kier alpha value is -0.970. The number of rotatable bonds is 4. The van der Waals surface area contributed by atoms with Crippen molar-refractivity contribution in [1.29, 1.82) is 0 Å². The van der Waals surface area contributed by atoms with Crippen molar-refractivity contribution in [2.45, 2.75) is 31.2 Å². The highest BCUT2D eigenvalue weighted by Crippen LogP contribution is 2.29. The van der Waals surface area contributed by atoms with E-state index in [0.717, 1.165) is 30.4 Å². The molecule has 4 N–H and O–H groups in total. The van der Waals surface area contributed by atoms with Gasteiger partial charge in [0.1, 0.15) is 0 Å². The summed E-state index contributed by atoms with van der Waals surface area (Å²) in [4.78, 5) is 12.0. The van der Waals surface area contributed by atoms with Crippen molar-refractivity contribution in [3.63, 3.8) is 0 Å². The van der Waals surface area contributed by atoms with Crippen molar-refractivity contribution in [3.8, 4) is 0 Å². The van der Waals surface area contributed by atoms with Crippen LogP contribution in [0.2, 0.25) is 0 Å². The Bertz CT molecular complexity index is 582. The van der Waals surface area contributed by atoms with Gasteiger partial charge in [-0.3, -0.25) is 14.8 Å². The fraction of sp³-hybridized carbons (Fsp3) is 0.667. The molecule has 1 aromatic heterocycles. The maximum Gasteiger partial charge on any atom is 0.246 e. The zero-order valence-electron chi connectivity index (χ0n) is 10.7. The average Bonchev–Trinajstić information content (AvgIpc) is 2.87. The molecule has 0 aromatic carbocycles. The molecule has 1 heterocycles. The van der Waals surface area contributed by atoms with Crippen molar-refractivity contribution in [1.82, 2.24) is 10.2 Å². The van der Waals surface area contributed by atoms with Crippen LogP contribution in [0.5, 0.6) is 0 Å². The number of nitrogens with zero attached hydrogens (tertiary/aromatic N) is 2. The van der Waals surface area contributed by atoms with E-state index in [-0.39, 0.29) is 28.6 Å². The van der Waals surface area contributed by atoms with E-state index in [4.69, 9.17) is 5.73 Å². The van der Waals surface area contributed by atoms with E-state index in [1.165, 1.54) is 0 Å². The standard InChI is InChI=1S/C9H15N5O3S2.ClH/c1-19(16,17)14-8-13-12-7(18-8)11-6(15)9(10)4-2-3-5-9;/h2-5,10H2,1H3,(H,13,14)(H,11,12,15);1H. The van der Waals surface area contributed by atoms with Gasteiger partial charge in [-0.05, 0) is 12.8 Å². The van der Waals surface area contributed by atoms with Gasteiger partial charge in [0, 0.05) is 0 Å². The zero-order valence-corrected chi connectivity index (χ0v) is 13.2. The van der Waals surface area contributed by atoms with Gasteiger partial charge in [-0.15, -0.1) is 22.6 Å². The molecule has 0 spiro atoms. The molecule has 1 fully saturated rings. The summed E-state index contributed by atoms with van der Waals surface area (Å²) in [5.74, 6) is -0.299. The molecule has 1 saturated carbocycles. The minimum Gasteiger partial charge on any atom is -0.317 e. The summed E-state index contributed by atoms with van der Waals surface area (Å²) in [5, 5.41) is 10.2. The number of hydrogen-bond donors (Lipinski definition) is 3. The zero-order chi connectivity index (χ0) is 14.1. The fourth-order valence-corrected chi connectivity index (χ4v) is 3.40. The van der Waals surface area contributed by atoms with Crippen molar-refractivity contribution < 1.29 is 13.2 Å². The Morgan fingerprint density at radius 1 is 1.30 bits per heavy atom. The number of carbonyl (C=O) groups excluding carboxylic acids is 1. The first-order chi connectivity index (χ1) is 8.78. The Labute approximate surface area is 127 Å². The number of nitrogens with one attached hydrogen (secondary N) is 2. The molecule has 20 heavy (non-hydrogen) atoms. The second-order valence-corrected chi connectivity index (χ2v) is 7.33. The van der Waals surface area contributed by atoms with Gasteiger partial charge < -0.3 is 5.73 Å². The summed E-state index contributed by atoms with van der Waals surface area (Å²) in [7, 11) is -3.40.